The topological polar surface area (TPSA) is 117 Å². The van der Waals surface area contributed by atoms with Gasteiger partial charge < -0.3 is 20.3 Å². The molecule has 12 heteroatoms. The van der Waals surface area contributed by atoms with Crippen LogP contribution in [0.2, 0.25) is 10.0 Å². The maximum atomic E-state index is 12.5. The molecule has 3 amide bonds. The number of hydrogen-bond donors (Lipinski definition) is 3. The van der Waals surface area contributed by atoms with Crippen LogP contribution in [0.15, 0.2) is 53.4 Å². The Hall–Kier alpha value is -2.53. The molecule has 37 heavy (non-hydrogen) atoms. The fraction of sp³-hybridized carbons (Fsp3) is 0.440. The number of sulfonamides is 1. The van der Waals surface area contributed by atoms with Crippen molar-refractivity contribution in [2.75, 3.05) is 32.1 Å². The van der Waals surface area contributed by atoms with E-state index in [9.17, 15) is 18.0 Å². The van der Waals surface area contributed by atoms with E-state index in [4.69, 9.17) is 27.9 Å². The highest BCUT2D eigenvalue weighted by Crippen LogP contribution is 2.24. The van der Waals surface area contributed by atoms with Gasteiger partial charge in [-0.05, 0) is 55.5 Å². The van der Waals surface area contributed by atoms with E-state index < -0.39 is 16.1 Å². The van der Waals surface area contributed by atoms with E-state index in [1.807, 2.05) is 32.0 Å². The second-order valence-corrected chi connectivity index (χ2v) is 11.5. The van der Waals surface area contributed by atoms with Gasteiger partial charge in [-0.1, -0.05) is 55.2 Å². The van der Waals surface area contributed by atoms with E-state index >= 15 is 0 Å². The minimum atomic E-state index is -3.80. The number of unbranched alkanes of at least 4 members (excludes halogenated alkanes) is 1. The van der Waals surface area contributed by atoms with Crippen LogP contribution in [0.3, 0.4) is 0 Å². The van der Waals surface area contributed by atoms with E-state index in [1.54, 1.807) is 12.1 Å². The molecule has 2 aromatic carbocycles. The van der Waals surface area contributed by atoms with Crippen molar-refractivity contribution in [1.82, 2.24) is 14.9 Å². The third kappa shape index (κ3) is 10.8. The SMILES string of the molecule is COC(=O)N(CCCCNS(=O)(=O)c1ccc(Cl)cc1Cl)C[C@H](CC(C)C)NC(=O)Nc1ccccc1. The standard InChI is InChI=1S/C25H34Cl2N4O5S/c1-18(2)15-21(30-24(32)29-20-9-5-4-6-10-20)17-31(25(33)36-3)14-8-7-13-28-37(34,35)23-12-11-19(26)16-22(23)27/h4-6,9-12,16,18,21,28H,7-8,13-15,17H2,1-3H3,(H2,29,30,32)/t21-/m0/s1. The lowest BCUT2D eigenvalue weighted by molar-refractivity contribution is 0.117. The van der Waals surface area contributed by atoms with Crippen LogP contribution in [0.4, 0.5) is 15.3 Å². The third-order valence-corrected chi connectivity index (χ3v) is 7.51. The van der Waals surface area contributed by atoms with Crippen LogP contribution in [0.25, 0.3) is 0 Å². The van der Waals surface area contributed by atoms with Crippen molar-refractivity contribution in [2.24, 2.45) is 5.92 Å². The molecule has 0 fully saturated rings. The lowest BCUT2D eigenvalue weighted by Gasteiger charge is -2.28. The number of nitrogens with zero attached hydrogens (tertiary/aromatic N) is 1. The zero-order valence-corrected chi connectivity index (χ0v) is 23.5. The van der Waals surface area contributed by atoms with Crippen molar-refractivity contribution in [3.8, 4) is 0 Å². The van der Waals surface area contributed by atoms with E-state index in [-0.39, 0.29) is 41.0 Å². The lowest BCUT2D eigenvalue weighted by atomic mass is 10.0. The molecule has 0 spiro atoms. The highest BCUT2D eigenvalue weighted by Gasteiger charge is 2.22. The molecule has 9 nitrogen and oxygen atoms in total. The lowest BCUT2D eigenvalue weighted by Crippen LogP contribution is -2.48. The number of ether oxygens (including phenoxy) is 1. The highest BCUT2D eigenvalue weighted by molar-refractivity contribution is 7.89. The second kappa shape index (κ2) is 15.0. The Labute approximate surface area is 228 Å². The maximum absolute atomic E-state index is 12.5. The largest absolute Gasteiger partial charge is 0.453 e. The molecular formula is C25H34Cl2N4O5S. The summed E-state index contributed by atoms with van der Waals surface area (Å²) in [6.45, 7) is 4.80. The summed E-state index contributed by atoms with van der Waals surface area (Å²) in [4.78, 5) is 26.4. The van der Waals surface area contributed by atoms with Crippen LogP contribution in [0.5, 0.6) is 0 Å². The van der Waals surface area contributed by atoms with Crippen molar-refractivity contribution in [3.05, 3.63) is 58.6 Å². The monoisotopic (exact) mass is 572 g/mol. The smallest absolute Gasteiger partial charge is 0.409 e. The van der Waals surface area contributed by atoms with Gasteiger partial charge in [0.1, 0.15) is 4.90 Å². The van der Waals surface area contributed by atoms with Gasteiger partial charge in [-0.3, -0.25) is 0 Å². The first kappa shape index (κ1) is 30.7. The summed E-state index contributed by atoms with van der Waals surface area (Å²) in [6.07, 6.45) is 1.11. The normalized spacial score (nSPS) is 12.2. The highest BCUT2D eigenvalue weighted by atomic mass is 35.5. The number of urea groups is 1. The Balaban J connectivity index is 1.92. The number of carbonyl (C=O) groups excluding carboxylic acids is 2. The molecule has 0 radical (unpaired) electrons. The molecule has 1 atom stereocenters. The number of para-hydroxylation sites is 1. The zero-order valence-electron chi connectivity index (χ0n) is 21.2. The molecule has 0 bridgehead atoms. The van der Waals surface area contributed by atoms with Gasteiger partial charge >= 0.3 is 12.1 Å². The van der Waals surface area contributed by atoms with Crippen molar-refractivity contribution >= 4 is 51.0 Å². The number of halogens is 2. The molecule has 0 saturated carbocycles. The third-order valence-electron chi connectivity index (χ3n) is 5.33. The Bertz CT molecular complexity index is 1130. The van der Waals surface area contributed by atoms with Crippen molar-refractivity contribution in [3.63, 3.8) is 0 Å². The van der Waals surface area contributed by atoms with Gasteiger partial charge in [0, 0.05) is 36.4 Å². The molecule has 3 N–H and O–H groups in total. The second-order valence-electron chi connectivity index (χ2n) is 8.89. The molecule has 0 aliphatic heterocycles. The quantitative estimate of drug-likeness (QED) is 0.279. The van der Waals surface area contributed by atoms with Gasteiger partial charge in [0.15, 0.2) is 0 Å². The molecular weight excluding hydrogens is 539 g/mol. The Morgan fingerprint density at radius 1 is 1.05 bits per heavy atom. The van der Waals surface area contributed by atoms with E-state index in [1.165, 1.54) is 30.2 Å². The summed E-state index contributed by atoms with van der Waals surface area (Å²) in [5, 5.41) is 6.11. The summed E-state index contributed by atoms with van der Waals surface area (Å²) in [5.74, 6) is 0.274. The number of anilines is 1. The number of carbonyl (C=O) groups is 2. The van der Waals surface area contributed by atoms with Crippen LogP contribution in [-0.2, 0) is 14.8 Å². The molecule has 2 aromatic rings. The predicted octanol–water partition coefficient (Wildman–Crippen LogP) is 5.36. The van der Waals surface area contributed by atoms with Crippen LogP contribution < -0.4 is 15.4 Å². The molecule has 0 aliphatic rings. The summed E-state index contributed by atoms with van der Waals surface area (Å²) in [6, 6.07) is 12.6. The minimum absolute atomic E-state index is 0.0388. The minimum Gasteiger partial charge on any atom is -0.453 e. The zero-order chi connectivity index (χ0) is 27.4. The molecule has 2 rings (SSSR count). The number of methoxy groups -OCH3 is 1. The van der Waals surface area contributed by atoms with Crippen LogP contribution >= 0.6 is 23.2 Å². The number of rotatable bonds is 13. The molecule has 0 saturated heterocycles. The fourth-order valence-electron chi connectivity index (χ4n) is 3.68. The van der Waals surface area contributed by atoms with E-state index in [0.717, 1.165) is 0 Å². The van der Waals surface area contributed by atoms with Crippen LogP contribution in [0, 0.1) is 5.92 Å². The average Bonchev–Trinajstić information content (AvgIpc) is 2.82. The van der Waals surface area contributed by atoms with Crippen molar-refractivity contribution in [1.29, 1.82) is 0 Å². The van der Waals surface area contributed by atoms with E-state index in [0.29, 0.717) is 36.5 Å². The molecule has 0 heterocycles. The summed E-state index contributed by atoms with van der Waals surface area (Å²) in [5.41, 5.74) is 0.662. The summed E-state index contributed by atoms with van der Waals surface area (Å²) in [7, 11) is -2.50. The number of amides is 3. The summed E-state index contributed by atoms with van der Waals surface area (Å²) < 4.78 is 32.5. The van der Waals surface area contributed by atoms with Gasteiger partial charge in [-0.25, -0.2) is 22.7 Å². The van der Waals surface area contributed by atoms with Gasteiger partial charge in [0.05, 0.1) is 12.1 Å². The number of benzene rings is 2. The van der Waals surface area contributed by atoms with E-state index in [2.05, 4.69) is 15.4 Å². The van der Waals surface area contributed by atoms with Gasteiger partial charge in [-0.15, -0.1) is 0 Å². The summed E-state index contributed by atoms with van der Waals surface area (Å²) >= 11 is 11.9. The fourth-order valence-corrected chi connectivity index (χ4v) is 5.52. The van der Waals surface area contributed by atoms with Crippen molar-refractivity contribution in [2.45, 2.75) is 44.0 Å². The Kier molecular flexibility index (Phi) is 12.5. The molecule has 0 aliphatic carbocycles. The first-order chi connectivity index (χ1) is 17.5. The van der Waals surface area contributed by atoms with Gasteiger partial charge in [0.25, 0.3) is 0 Å². The average molecular weight is 574 g/mol. The first-order valence-corrected chi connectivity index (χ1v) is 14.2. The Morgan fingerprint density at radius 3 is 2.38 bits per heavy atom. The maximum Gasteiger partial charge on any atom is 0.409 e. The molecule has 0 aromatic heterocycles. The molecule has 0 unspecified atom stereocenters. The number of hydrogen-bond acceptors (Lipinski definition) is 5. The predicted molar refractivity (Wildman–Crippen MR) is 147 cm³/mol. The first-order valence-electron chi connectivity index (χ1n) is 11.9. The van der Waals surface area contributed by atoms with Crippen LogP contribution in [-0.4, -0.2) is 58.2 Å². The van der Waals surface area contributed by atoms with Crippen molar-refractivity contribution < 1.29 is 22.7 Å². The Morgan fingerprint density at radius 2 is 1.76 bits per heavy atom. The molecule has 204 valence electrons. The van der Waals surface area contributed by atoms with Gasteiger partial charge in [-0.2, -0.15) is 0 Å². The van der Waals surface area contributed by atoms with Crippen LogP contribution in [0.1, 0.15) is 33.1 Å². The number of nitrogens with one attached hydrogen (secondary N) is 3. The van der Waals surface area contributed by atoms with Gasteiger partial charge in [0.2, 0.25) is 10.0 Å².